The van der Waals surface area contributed by atoms with Crippen LogP contribution in [0.3, 0.4) is 0 Å². The first kappa shape index (κ1) is 18.3. The Morgan fingerprint density at radius 3 is 2.52 bits per heavy atom. The second kappa shape index (κ2) is 6.96. The maximum absolute atomic E-state index is 13.0. The minimum atomic E-state index is -0.809. The van der Waals surface area contributed by atoms with Crippen LogP contribution >= 0.6 is 11.3 Å². The van der Waals surface area contributed by atoms with Gasteiger partial charge in [0, 0.05) is 17.5 Å². The van der Waals surface area contributed by atoms with Crippen molar-refractivity contribution >= 4 is 34.9 Å². The van der Waals surface area contributed by atoms with Crippen LogP contribution in [0.5, 0.6) is 5.75 Å². The maximum atomic E-state index is 13.0. The van der Waals surface area contributed by atoms with Crippen molar-refractivity contribution in [1.82, 2.24) is 9.80 Å². The fourth-order valence-corrected chi connectivity index (χ4v) is 5.20. The van der Waals surface area contributed by atoms with E-state index in [9.17, 15) is 14.4 Å². The lowest BCUT2D eigenvalue weighted by atomic mass is 9.96. The summed E-state index contributed by atoms with van der Waals surface area (Å²) >= 11 is 1.77. The third-order valence-corrected chi connectivity index (χ3v) is 6.89. The van der Waals surface area contributed by atoms with E-state index >= 15 is 0 Å². The lowest BCUT2D eigenvalue weighted by Crippen LogP contribution is -2.46. The third kappa shape index (κ3) is 3.03. The second-order valence-electron chi connectivity index (χ2n) is 7.64. The van der Waals surface area contributed by atoms with Gasteiger partial charge in [-0.05, 0) is 66.5 Å². The van der Waals surface area contributed by atoms with Crippen LogP contribution in [0.15, 0.2) is 35.7 Å². The van der Waals surface area contributed by atoms with Crippen LogP contribution in [0.1, 0.15) is 29.3 Å². The molecule has 3 heterocycles. The minimum absolute atomic E-state index is 0.145. The standard InChI is InChI=1S/C21H21N3O4S/c1-28-15-6-4-14(5-7-15)24-20(26)19(25)23(21(24)27)12-22-10-8-17-16(9-11-29-17)18(22)13-2-3-13/h4-7,9,11,13,18H,2-3,8,10,12H2,1H3/t18-/m0/s1. The normalized spacial score (nSPS) is 22.4. The van der Waals surface area contributed by atoms with Gasteiger partial charge >= 0.3 is 17.8 Å². The lowest BCUT2D eigenvalue weighted by molar-refractivity contribution is -0.140. The zero-order valence-corrected chi connectivity index (χ0v) is 16.9. The number of nitrogens with zero attached hydrogens (tertiary/aromatic N) is 3. The third-order valence-electron chi connectivity index (χ3n) is 5.89. The molecule has 7 nitrogen and oxygen atoms in total. The lowest BCUT2D eigenvalue weighted by Gasteiger charge is -2.37. The quantitative estimate of drug-likeness (QED) is 0.559. The highest BCUT2D eigenvalue weighted by Crippen LogP contribution is 2.48. The average Bonchev–Trinajstić information content (AvgIpc) is 3.42. The Hall–Kier alpha value is -2.71. The molecule has 0 bridgehead atoms. The number of amides is 4. The van der Waals surface area contributed by atoms with E-state index in [1.54, 1.807) is 42.7 Å². The van der Waals surface area contributed by atoms with Crippen molar-refractivity contribution < 1.29 is 19.1 Å². The predicted octanol–water partition coefficient (Wildman–Crippen LogP) is 3.02. The van der Waals surface area contributed by atoms with E-state index in [0.29, 0.717) is 17.4 Å². The van der Waals surface area contributed by atoms with E-state index in [4.69, 9.17) is 4.74 Å². The largest absolute Gasteiger partial charge is 0.497 e. The molecule has 1 saturated heterocycles. The van der Waals surface area contributed by atoms with E-state index in [0.717, 1.165) is 35.6 Å². The SMILES string of the molecule is COc1ccc(N2C(=O)C(=O)N(CN3CCc4sccc4[C@@H]3C3CC3)C2=O)cc1. The number of thiophene rings is 1. The van der Waals surface area contributed by atoms with Crippen LogP contribution < -0.4 is 9.64 Å². The molecule has 1 atom stereocenters. The molecule has 0 radical (unpaired) electrons. The topological polar surface area (TPSA) is 70.2 Å². The van der Waals surface area contributed by atoms with Crippen LogP contribution in [-0.4, -0.2) is 48.0 Å². The van der Waals surface area contributed by atoms with E-state index in [1.807, 2.05) is 0 Å². The van der Waals surface area contributed by atoms with E-state index < -0.39 is 17.8 Å². The summed E-state index contributed by atoms with van der Waals surface area (Å²) in [5.41, 5.74) is 1.69. The van der Waals surface area contributed by atoms with Crippen molar-refractivity contribution in [3.05, 3.63) is 46.2 Å². The number of benzene rings is 1. The monoisotopic (exact) mass is 411 g/mol. The maximum Gasteiger partial charge on any atom is 0.340 e. The Bertz CT molecular complexity index is 982. The number of carbonyl (C=O) groups excluding carboxylic acids is 3. The number of urea groups is 1. The number of hydrogen-bond acceptors (Lipinski definition) is 6. The molecule has 1 aliphatic carbocycles. The van der Waals surface area contributed by atoms with Gasteiger partial charge in [0.15, 0.2) is 0 Å². The highest BCUT2D eigenvalue weighted by molar-refractivity contribution is 7.10. The molecule has 0 unspecified atom stereocenters. The summed E-state index contributed by atoms with van der Waals surface area (Å²) in [7, 11) is 1.54. The Balaban J connectivity index is 1.39. The number of fused-ring (bicyclic) bond motifs is 1. The van der Waals surface area contributed by atoms with Gasteiger partial charge in [-0.2, -0.15) is 0 Å². The molecule has 2 aromatic rings. The number of methoxy groups -OCH3 is 1. The number of imide groups is 2. The first-order valence-electron chi connectivity index (χ1n) is 9.72. The minimum Gasteiger partial charge on any atom is -0.497 e. The molecule has 3 aliphatic rings. The summed E-state index contributed by atoms with van der Waals surface area (Å²) in [6.45, 7) is 0.926. The summed E-state index contributed by atoms with van der Waals surface area (Å²) in [4.78, 5) is 43.8. The highest BCUT2D eigenvalue weighted by Gasteiger charge is 2.48. The fraction of sp³-hybridized carbons (Fsp3) is 0.381. The summed E-state index contributed by atoms with van der Waals surface area (Å²) in [5.74, 6) is -0.402. The molecule has 1 saturated carbocycles. The molecule has 2 aliphatic heterocycles. The van der Waals surface area contributed by atoms with Gasteiger partial charge in [-0.15, -0.1) is 11.3 Å². The first-order chi connectivity index (χ1) is 14.1. The van der Waals surface area contributed by atoms with Gasteiger partial charge in [-0.25, -0.2) is 14.6 Å². The molecule has 4 amide bonds. The molecule has 0 spiro atoms. The van der Waals surface area contributed by atoms with E-state index in [-0.39, 0.29) is 12.7 Å². The Kier molecular flexibility index (Phi) is 4.40. The van der Waals surface area contributed by atoms with Crippen LogP contribution in [0.4, 0.5) is 10.5 Å². The number of carbonyl (C=O) groups is 3. The molecule has 5 rings (SSSR count). The van der Waals surface area contributed by atoms with Crippen molar-refractivity contribution in [2.75, 3.05) is 25.2 Å². The van der Waals surface area contributed by atoms with Gasteiger partial charge in [0.05, 0.1) is 19.5 Å². The van der Waals surface area contributed by atoms with Gasteiger partial charge in [-0.1, -0.05) is 0 Å². The number of hydrogen-bond donors (Lipinski definition) is 0. The van der Waals surface area contributed by atoms with Crippen molar-refractivity contribution in [3.63, 3.8) is 0 Å². The van der Waals surface area contributed by atoms with Crippen molar-refractivity contribution in [3.8, 4) is 5.75 Å². The first-order valence-corrected chi connectivity index (χ1v) is 10.6. The molecular weight excluding hydrogens is 390 g/mol. The smallest absolute Gasteiger partial charge is 0.340 e. The summed E-state index contributed by atoms with van der Waals surface area (Å²) in [5, 5.41) is 2.12. The predicted molar refractivity (Wildman–Crippen MR) is 108 cm³/mol. The molecular formula is C21H21N3O4S. The Morgan fingerprint density at radius 1 is 1.07 bits per heavy atom. The van der Waals surface area contributed by atoms with Gasteiger partial charge in [0.25, 0.3) is 0 Å². The van der Waals surface area contributed by atoms with Crippen LogP contribution in [0, 0.1) is 5.92 Å². The van der Waals surface area contributed by atoms with Gasteiger partial charge in [0.1, 0.15) is 5.75 Å². The number of ether oxygens (including phenoxy) is 1. The van der Waals surface area contributed by atoms with Crippen LogP contribution in [0.25, 0.3) is 0 Å². The average molecular weight is 411 g/mol. The second-order valence-corrected chi connectivity index (χ2v) is 8.64. The van der Waals surface area contributed by atoms with Crippen molar-refractivity contribution in [2.24, 2.45) is 5.92 Å². The summed E-state index contributed by atoms with van der Waals surface area (Å²) in [6.07, 6.45) is 3.23. The highest BCUT2D eigenvalue weighted by atomic mass is 32.1. The Labute approximate surface area is 172 Å². The summed E-state index contributed by atoms with van der Waals surface area (Å²) < 4.78 is 5.12. The molecule has 29 heavy (non-hydrogen) atoms. The van der Waals surface area contributed by atoms with Crippen LogP contribution in [0.2, 0.25) is 0 Å². The van der Waals surface area contributed by atoms with Gasteiger partial charge in [0.2, 0.25) is 0 Å². The van der Waals surface area contributed by atoms with E-state index in [2.05, 4.69) is 16.3 Å². The zero-order chi connectivity index (χ0) is 20.1. The van der Waals surface area contributed by atoms with Crippen molar-refractivity contribution in [2.45, 2.75) is 25.3 Å². The van der Waals surface area contributed by atoms with Crippen LogP contribution in [-0.2, 0) is 16.0 Å². The molecule has 2 fully saturated rings. The van der Waals surface area contributed by atoms with Gasteiger partial charge in [-0.3, -0.25) is 14.5 Å². The van der Waals surface area contributed by atoms with Crippen molar-refractivity contribution in [1.29, 1.82) is 0 Å². The summed E-state index contributed by atoms with van der Waals surface area (Å²) in [6, 6.07) is 8.33. The molecule has 150 valence electrons. The fourth-order valence-electron chi connectivity index (χ4n) is 4.29. The number of anilines is 1. The number of rotatable bonds is 5. The zero-order valence-electron chi connectivity index (χ0n) is 16.0. The molecule has 0 N–H and O–H groups in total. The Morgan fingerprint density at radius 2 is 1.83 bits per heavy atom. The molecule has 8 heteroatoms. The van der Waals surface area contributed by atoms with Gasteiger partial charge < -0.3 is 4.74 Å². The van der Waals surface area contributed by atoms with E-state index in [1.165, 1.54) is 10.4 Å². The molecule has 1 aromatic carbocycles. The molecule has 1 aromatic heterocycles.